The topological polar surface area (TPSA) is 39.2 Å². The van der Waals surface area contributed by atoms with Gasteiger partial charge in [0.2, 0.25) is 0 Å². The quantitative estimate of drug-likeness (QED) is 0.733. The maximum Gasteiger partial charge on any atom is 0.168 e. The first-order valence-corrected chi connectivity index (χ1v) is 6.16. The van der Waals surface area contributed by atoms with Crippen molar-refractivity contribution in [2.24, 2.45) is 11.3 Å². The van der Waals surface area contributed by atoms with Gasteiger partial charge in [-0.1, -0.05) is 20.8 Å². The Kier molecular flexibility index (Phi) is 3.18. The fraction of sp³-hybridized carbons (Fsp3) is 0.571. The smallest absolute Gasteiger partial charge is 0.168 e. The van der Waals surface area contributed by atoms with Crippen molar-refractivity contribution in [2.45, 2.75) is 33.6 Å². The highest BCUT2D eigenvalue weighted by atomic mass is 16.5. The number of nitrogens with zero attached hydrogens (tertiary/aromatic N) is 1. The lowest BCUT2D eigenvalue weighted by Crippen LogP contribution is -2.07. The molecular weight excluding hydrogens is 214 g/mol. The molecule has 1 saturated carbocycles. The predicted octanol–water partition coefficient (Wildman–Crippen LogP) is 3.10. The molecule has 1 aliphatic carbocycles. The van der Waals surface area contributed by atoms with Crippen LogP contribution in [0.4, 0.5) is 0 Å². The van der Waals surface area contributed by atoms with Crippen molar-refractivity contribution in [1.82, 2.24) is 4.98 Å². The lowest BCUT2D eigenvalue weighted by atomic mass is 10.0. The molecule has 0 bridgehead atoms. The van der Waals surface area contributed by atoms with Crippen molar-refractivity contribution in [2.75, 3.05) is 6.61 Å². The molecule has 1 heterocycles. The van der Waals surface area contributed by atoms with E-state index in [1.165, 1.54) is 0 Å². The summed E-state index contributed by atoms with van der Waals surface area (Å²) in [6.45, 7) is 6.96. The van der Waals surface area contributed by atoms with Crippen molar-refractivity contribution in [3.05, 3.63) is 24.0 Å². The minimum Gasteiger partial charge on any atom is -0.492 e. The van der Waals surface area contributed by atoms with Crippen LogP contribution in [0.3, 0.4) is 0 Å². The number of ketones is 1. The predicted molar refractivity (Wildman–Crippen MR) is 66.2 cm³/mol. The number of ether oxygens (including phenoxy) is 1. The highest BCUT2D eigenvalue weighted by Gasteiger charge is 2.50. The van der Waals surface area contributed by atoms with E-state index in [0.29, 0.717) is 17.9 Å². The summed E-state index contributed by atoms with van der Waals surface area (Å²) in [5.74, 6) is 1.05. The minimum absolute atomic E-state index is 0.158. The molecule has 0 radical (unpaired) electrons. The second-order valence-corrected chi connectivity index (χ2v) is 5.37. The Hall–Kier alpha value is -1.38. The average molecular weight is 233 g/mol. The van der Waals surface area contributed by atoms with Crippen LogP contribution in [0, 0.1) is 11.3 Å². The van der Waals surface area contributed by atoms with E-state index in [1.54, 1.807) is 18.5 Å². The van der Waals surface area contributed by atoms with E-state index in [-0.39, 0.29) is 17.1 Å². The van der Waals surface area contributed by atoms with Crippen molar-refractivity contribution in [1.29, 1.82) is 0 Å². The molecule has 1 fully saturated rings. The minimum atomic E-state index is 0.158. The van der Waals surface area contributed by atoms with E-state index in [2.05, 4.69) is 25.8 Å². The summed E-state index contributed by atoms with van der Waals surface area (Å²) in [4.78, 5) is 16.2. The SMILES string of the molecule is CCCOc1cncc(C(=O)C2CC2(C)C)c1. The highest BCUT2D eigenvalue weighted by molar-refractivity contribution is 6.00. The molecule has 1 aromatic rings. The highest BCUT2D eigenvalue weighted by Crippen LogP contribution is 2.53. The molecule has 0 saturated heterocycles. The molecule has 0 aliphatic heterocycles. The van der Waals surface area contributed by atoms with Crippen LogP contribution in [0.15, 0.2) is 18.5 Å². The number of carbonyl (C=O) groups is 1. The van der Waals surface area contributed by atoms with E-state index in [4.69, 9.17) is 4.74 Å². The zero-order chi connectivity index (χ0) is 12.5. The molecule has 92 valence electrons. The van der Waals surface area contributed by atoms with Crippen LogP contribution in [0.2, 0.25) is 0 Å². The summed E-state index contributed by atoms with van der Waals surface area (Å²) in [5, 5.41) is 0. The molecule has 2 rings (SSSR count). The first kappa shape index (κ1) is 12.1. The number of pyridine rings is 1. The van der Waals surface area contributed by atoms with Gasteiger partial charge >= 0.3 is 0 Å². The summed E-state index contributed by atoms with van der Waals surface area (Å²) in [7, 11) is 0. The Labute approximate surface area is 102 Å². The molecule has 0 aromatic carbocycles. The van der Waals surface area contributed by atoms with Crippen LogP contribution in [0.5, 0.6) is 5.75 Å². The average Bonchev–Trinajstić information content (AvgIpc) is 2.95. The fourth-order valence-corrected chi connectivity index (χ4v) is 1.97. The third kappa shape index (κ3) is 2.65. The summed E-state index contributed by atoms with van der Waals surface area (Å²) in [5.41, 5.74) is 0.839. The number of Topliss-reactive ketones (excluding diaryl/α,β-unsaturated/α-hetero) is 1. The van der Waals surface area contributed by atoms with Gasteiger partial charge in [-0.05, 0) is 24.3 Å². The van der Waals surface area contributed by atoms with Crippen LogP contribution < -0.4 is 4.74 Å². The molecule has 0 N–H and O–H groups in total. The first-order valence-electron chi connectivity index (χ1n) is 6.16. The summed E-state index contributed by atoms with van der Waals surface area (Å²) in [6, 6.07) is 1.80. The monoisotopic (exact) mass is 233 g/mol. The molecule has 3 heteroatoms. The van der Waals surface area contributed by atoms with Gasteiger partial charge in [0.05, 0.1) is 12.8 Å². The lowest BCUT2D eigenvalue weighted by Gasteiger charge is -2.06. The molecule has 1 unspecified atom stereocenters. The van der Waals surface area contributed by atoms with Crippen molar-refractivity contribution in [3.63, 3.8) is 0 Å². The van der Waals surface area contributed by atoms with Crippen molar-refractivity contribution in [3.8, 4) is 5.75 Å². The Morgan fingerprint density at radius 2 is 2.24 bits per heavy atom. The van der Waals surface area contributed by atoms with Gasteiger partial charge in [0.15, 0.2) is 5.78 Å². The van der Waals surface area contributed by atoms with Gasteiger partial charge in [-0.3, -0.25) is 9.78 Å². The van der Waals surface area contributed by atoms with Crippen LogP contribution in [0.1, 0.15) is 44.0 Å². The van der Waals surface area contributed by atoms with Gasteiger partial charge in [-0.25, -0.2) is 0 Å². The van der Waals surface area contributed by atoms with Crippen LogP contribution in [-0.4, -0.2) is 17.4 Å². The van der Waals surface area contributed by atoms with Gasteiger partial charge in [0.1, 0.15) is 5.75 Å². The lowest BCUT2D eigenvalue weighted by molar-refractivity contribution is 0.0952. The number of aromatic nitrogens is 1. The standard InChI is InChI=1S/C14H19NO2/c1-4-5-17-11-6-10(8-15-9-11)13(16)12-7-14(12,2)3/h6,8-9,12H,4-5,7H2,1-3H3. The summed E-state index contributed by atoms with van der Waals surface area (Å²) >= 11 is 0. The maximum absolute atomic E-state index is 12.2. The molecule has 0 spiro atoms. The normalized spacial score (nSPS) is 21.0. The number of carbonyl (C=O) groups excluding carboxylic acids is 1. The zero-order valence-corrected chi connectivity index (χ0v) is 10.7. The van der Waals surface area contributed by atoms with Gasteiger partial charge in [-0.15, -0.1) is 0 Å². The van der Waals surface area contributed by atoms with Crippen LogP contribution in [0.25, 0.3) is 0 Å². The molecule has 0 amide bonds. The Bertz CT molecular complexity index is 426. The summed E-state index contributed by atoms with van der Waals surface area (Å²) < 4.78 is 5.48. The first-order chi connectivity index (χ1) is 8.04. The molecule has 1 atom stereocenters. The largest absolute Gasteiger partial charge is 0.492 e. The second kappa shape index (κ2) is 4.47. The fourth-order valence-electron chi connectivity index (χ4n) is 1.97. The van der Waals surface area contributed by atoms with E-state index >= 15 is 0 Å². The number of hydrogen-bond donors (Lipinski definition) is 0. The van der Waals surface area contributed by atoms with Gasteiger partial charge in [0, 0.05) is 17.7 Å². The molecule has 17 heavy (non-hydrogen) atoms. The van der Waals surface area contributed by atoms with Crippen LogP contribution in [-0.2, 0) is 0 Å². The Morgan fingerprint density at radius 1 is 1.53 bits per heavy atom. The van der Waals surface area contributed by atoms with Gasteiger partial charge in [-0.2, -0.15) is 0 Å². The van der Waals surface area contributed by atoms with Crippen molar-refractivity contribution < 1.29 is 9.53 Å². The van der Waals surface area contributed by atoms with Gasteiger partial charge < -0.3 is 4.74 Å². The van der Waals surface area contributed by atoms with Gasteiger partial charge in [0.25, 0.3) is 0 Å². The molecule has 1 aromatic heterocycles. The number of rotatable bonds is 5. The van der Waals surface area contributed by atoms with E-state index < -0.39 is 0 Å². The number of hydrogen-bond acceptors (Lipinski definition) is 3. The Balaban J connectivity index is 2.08. The van der Waals surface area contributed by atoms with E-state index in [0.717, 1.165) is 12.8 Å². The van der Waals surface area contributed by atoms with Crippen molar-refractivity contribution >= 4 is 5.78 Å². The molecular formula is C14H19NO2. The Morgan fingerprint density at radius 3 is 2.82 bits per heavy atom. The molecule has 3 nitrogen and oxygen atoms in total. The third-order valence-electron chi connectivity index (χ3n) is 3.30. The van der Waals surface area contributed by atoms with E-state index in [9.17, 15) is 4.79 Å². The molecule has 1 aliphatic rings. The summed E-state index contributed by atoms with van der Waals surface area (Å²) in [6.07, 6.45) is 5.22. The second-order valence-electron chi connectivity index (χ2n) is 5.37. The van der Waals surface area contributed by atoms with E-state index in [1.807, 2.05) is 0 Å². The van der Waals surface area contributed by atoms with Crippen LogP contribution >= 0.6 is 0 Å². The third-order valence-corrected chi connectivity index (χ3v) is 3.30. The maximum atomic E-state index is 12.2. The zero-order valence-electron chi connectivity index (χ0n) is 10.7.